The smallest absolute Gasteiger partial charge is 0.161 e. The molecule has 0 spiro atoms. The van der Waals surface area contributed by atoms with Gasteiger partial charge in [0.05, 0.1) is 26.5 Å². The summed E-state index contributed by atoms with van der Waals surface area (Å²) in [5.74, 6) is 0.583. The largest absolute Gasteiger partial charge is 0.497 e. The average Bonchev–Trinajstić information content (AvgIpc) is 2.90. The van der Waals surface area contributed by atoms with Gasteiger partial charge in [-0.1, -0.05) is 6.07 Å². The number of ether oxygens (including phenoxy) is 2. The third-order valence-electron chi connectivity index (χ3n) is 3.34. The third kappa shape index (κ3) is 2.85. The Kier molecular flexibility index (Phi) is 4.47. The predicted molar refractivity (Wildman–Crippen MR) is 78.1 cm³/mol. The van der Waals surface area contributed by atoms with Gasteiger partial charge in [-0.25, -0.2) is 4.39 Å². The van der Waals surface area contributed by atoms with Gasteiger partial charge in [-0.2, -0.15) is 5.10 Å². The molecule has 1 atom stereocenters. The van der Waals surface area contributed by atoms with Crippen molar-refractivity contribution in [3.63, 3.8) is 0 Å². The molecule has 1 aromatic heterocycles. The molecule has 0 saturated carbocycles. The van der Waals surface area contributed by atoms with Crippen molar-refractivity contribution in [2.75, 3.05) is 14.2 Å². The monoisotopic (exact) mass is 293 g/mol. The maximum Gasteiger partial charge on any atom is 0.161 e. The molecule has 0 aliphatic heterocycles. The molecule has 1 heterocycles. The van der Waals surface area contributed by atoms with Gasteiger partial charge in [-0.15, -0.1) is 0 Å². The Morgan fingerprint density at radius 1 is 1.24 bits per heavy atom. The van der Waals surface area contributed by atoms with Crippen molar-refractivity contribution >= 4 is 0 Å². The molecule has 1 aromatic carbocycles. The van der Waals surface area contributed by atoms with Crippen molar-refractivity contribution in [3.8, 4) is 11.5 Å². The summed E-state index contributed by atoms with van der Waals surface area (Å²) >= 11 is 0. The highest BCUT2D eigenvalue weighted by atomic mass is 19.1. The maximum atomic E-state index is 14.2. The number of rotatable bonds is 5. The van der Waals surface area contributed by atoms with Crippen molar-refractivity contribution in [2.45, 2.75) is 25.9 Å². The summed E-state index contributed by atoms with van der Waals surface area (Å²) in [4.78, 5) is 0. The lowest BCUT2D eigenvalue weighted by Crippen LogP contribution is -2.20. The number of hydrogen-bond acceptors (Lipinski definition) is 4. The van der Waals surface area contributed by atoms with E-state index in [1.807, 2.05) is 13.8 Å². The lowest BCUT2D eigenvalue weighted by Gasteiger charge is -2.19. The molecule has 0 saturated heterocycles. The van der Waals surface area contributed by atoms with Crippen LogP contribution in [0, 0.1) is 5.82 Å². The maximum absolute atomic E-state index is 14.2. The number of halogens is 1. The lowest BCUT2D eigenvalue weighted by atomic mass is 10.0. The summed E-state index contributed by atoms with van der Waals surface area (Å²) in [6, 6.07) is 4.04. The second-order valence-electron chi connectivity index (χ2n) is 5.00. The zero-order valence-electron chi connectivity index (χ0n) is 12.6. The molecule has 0 aliphatic carbocycles. The second-order valence-corrected chi connectivity index (χ2v) is 5.00. The van der Waals surface area contributed by atoms with E-state index in [0.717, 1.165) is 0 Å². The van der Waals surface area contributed by atoms with E-state index in [4.69, 9.17) is 15.2 Å². The van der Waals surface area contributed by atoms with E-state index < -0.39 is 11.9 Å². The molecule has 6 heteroatoms. The first kappa shape index (κ1) is 15.3. The summed E-state index contributed by atoms with van der Waals surface area (Å²) in [6.07, 6.45) is 1.59. The molecule has 21 heavy (non-hydrogen) atoms. The summed E-state index contributed by atoms with van der Waals surface area (Å²) in [6.45, 7) is 3.96. The summed E-state index contributed by atoms with van der Waals surface area (Å²) in [5.41, 5.74) is 7.27. The Morgan fingerprint density at radius 2 is 1.95 bits per heavy atom. The van der Waals surface area contributed by atoms with Crippen LogP contribution in [0.5, 0.6) is 11.5 Å². The van der Waals surface area contributed by atoms with E-state index in [9.17, 15) is 4.39 Å². The van der Waals surface area contributed by atoms with Crippen molar-refractivity contribution in [3.05, 3.63) is 41.5 Å². The first-order chi connectivity index (χ1) is 9.99. The average molecular weight is 293 g/mol. The minimum atomic E-state index is -0.671. The van der Waals surface area contributed by atoms with E-state index >= 15 is 0 Å². The number of aromatic nitrogens is 2. The third-order valence-corrected chi connectivity index (χ3v) is 3.34. The van der Waals surface area contributed by atoms with E-state index in [1.165, 1.54) is 13.2 Å². The Bertz CT molecular complexity index is 625. The van der Waals surface area contributed by atoms with Gasteiger partial charge in [-0.05, 0) is 19.9 Å². The van der Waals surface area contributed by atoms with Crippen molar-refractivity contribution in [1.82, 2.24) is 9.78 Å². The minimum Gasteiger partial charge on any atom is -0.497 e. The van der Waals surface area contributed by atoms with Crippen LogP contribution in [0.3, 0.4) is 0 Å². The molecule has 2 N–H and O–H groups in total. The zero-order chi connectivity index (χ0) is 15.6. The molecule has 0 fully saturated rings. The number of hydrogen-bond donors (Lipinski definition) is 1. The number of methoxy groups -OCH3 is 2. The molecule has 2 rings (SSSR count). The lowest BCUT2D eigenvalue weighted by molar-refractivity contribution is 0.399. The Labute approximate surface area is 123 Å². The van der Waals surface area contributed by atoms with E-state index in [-0.39, 0.29) is 6.04 Å². The Hall–Kier alpha value is -2.08. The molecular formula is C15H20FN3O2. The Morgan fingerprint density at radius 3 is 2.48 bits per heavy atom. The molecular weight excluding hydrogens is 273 g/mol. The van der Waals surface area contributed by atoms with Gasteiger partial charge in [0.15, 0.2) is 5.75 Å². The molecule has 0 amide bonds. The van der Waals surface area contributed by atoms with E-state index in [1.54, 1.807) is 30.1 Å². The fraction of sp³-hybridized carbons (Fsp3) is 0.400. The van der Waals surface area contributed by atoms with Gasteiger partial charge in [-0.3, -0.25) is 4.68 Å². The normalized spacial score (nSPS) is 12.5. The van der Waals surface area contributed by atoms with Crippen LogP contribution in [0.25, 0.3) is 0 Å². The van der Waals surface area contributed by atoms with Gasteiger partial charge in [0.2, 0.25) is 0 Å². The first-order valence-electron chi connectivity index (χ1n) is 6.70. The topological polar surface area (TPSA) is 62.3 Å². The van der Waals surface area contributed by atoms with Gasteiger partial charge >= 0.3 is 0 Å². The van der Waals surface area contributed by atoms with E-state index in [2.05, 4.69) is 5.10 Å². The second kappa shape index (κ2) is 6.13. The van der Waals surface area contributed by atoms with Crippen molar-refractivity contribution in [2.24, 2.45) is 5.73 Å². The quantitative estimate of drug-likeness (QED) is 0.920. The van der Waals surface area contributed by atoms with Gasteiger partial charge in [0.25, 0.3) is 0 Å². The first-order valence-corrected chi connectivity index (χ1v) is 6.70. The van der Waals surface area contributed by atoms with Crippen LogP contribution in [0.4, 0.5) is 4.39 Å². The highest BCUT2D eigenvalue weighted by molar-refractivity contribution is 5.39. The fourth-order valence-electron chi connectivity index (χ4n) is 2.25. The molecule has 0 radical (unpaired) electrons. The number of nitrogens with two attached hydrogens (primary N) is 1. The van der Waals surface area contributed by atoms with Crippen LogP contribution in [0.1, 0.15) is 37.2 Å². The predicted octanol–water partition coefficient (Wildman–Crippen LogP) is 2.67. The summed E-state index contributed by atoms with van der Waals surface area (Å²) in [7, 11) is 3.04. The SMILES string of the molecule is COc1ccc(C(N)c2c(OC)cnn2C(C)C)c(F)c1. The van der Waals surface area contributed by atoms with Gasteiger partial charge in [0, 0.05) is 17.7 Å². The molecule has 1 unspecified atom stereocenters. The molecule has 5 nitrogen and oxygen atoms in total. The zero-order valence-corrected chi connectivity index (χ0v) is 12.6. The minimum absolute atomic E-state index is 0.0938. The van der Waals surface area contributed by atoms with Crippen molar-refractivity contribution < 1.29 is 13.9 Å². The summed E-state index contributed by atoms with van der Waals surface area (Å²) in [5, 5.41) is 4.26. The van der Waals surface area contributed by atoms with Crippen LogP contribution in [0.15, 0.2) is 24.4 Å². The van der Waals surface area contributed by atoms with Gasteiger partial charge < -0.3 is 15.2 Å². The standard InChI is InChI=1S/C15H20FN3O2/c1-9(2)19-15(13(21-4)8-18-19)14(17)11-6-5-10(20-3)7-12(11)16/h5-9,14H,17H2,1-4H3. The molecule has 0 aliphatic rings. The summed E-state index contributed by atoms with van der Waals surface area (Å²) < 4.78 is 26.3. The van der Waals surface area contributed by atoms with E-state index in [0.29, 0.717) is 22.8 Å². The number of nitrogens with zero attached hydrogens (tertiary/aromatic N) is 2. The van der Waals surface area contributed by atoms with Crippen LogP contribution >= 0.6 is 0 Å². The molecule has 0 bridgehead atoms. The number of benzene rings is 1. The van der Waals surface area contributed by atoms with Crippen LogP contribution in [0.2, 0.25) is 0 Å². The molecule has 114 valence electrons. The van der Waals surface area contributed by atoms with Gasteiger partial charge in [0.1, 0.15) is 17.3 Å². The highest BCUT2D eigenvalue weighted by Crippen LogP contribution is 2.32. The Balaban J connectivity index is 2.49. The van der Waals surface area contributed by atoms with Crippen LogP contribution in [-0.2, 0) is 0 Å². The van der Waals surface area contributed by atoms with Crippen LogP contribution < -0.4 is 15.2 Å². The molecule has 2 aromatic rings. The van der Waals surface area contributed by atoms with Crippen molar-refractivity contribution in [1.29, 1.82) is 0 Å². The highest BCUT2D eigenvalue weighted by Gasteiger charge is 2.24. The van der Waals surface area contributed by atoms with Crippen LogP contribution in [-0.4, -0.2) is 24.0 Å². The fourth-order valence-corrected chi connectivity index (χ4v) is 2.25.